The number of nitrogens with zero attached hydrogens (tertiary/aromatic N) is 2. The third-order valence-electron chi connectivity index (χ3n) is 3.58. The van der Waals surface area contributed by atoms with Crippen LogP contribution in [0.3, 0.4) is 0 Å². The van der Waals surface area contributed by atoms with Crippen LogP contribution in [0.25, 0.3) is 0 Å². The van der Waals surface area contributed by atoms with Crippen LogP contribution in [0.1, 0.15) is 30.0 Å². The van der Waals surface area contributed by atoms with Crippen LogP contribution < -0.4 is 0 Å². The predicted molar refractivity (Wildman–Crippen MR) is 75.7 cm³/mol. The van der Waals surface area contributed by atoms with Gasteiger partial charge in [0.2, 0.25) is 10.0 Å². The normalized spacial score (nSPS) is 13.6. The molecule has 2 aromatic rings. The minimum Gasteiger partial charge on any atom is -0.360 e. The highest BCUT2D eigenvalue weighted by molar-refractivity contribution is 7.89. The molecule has 0 bridgehead atoms. The largest absolute Gasteiger partial charge is 0.360 e. The van der Waals surface area contributed by atoms with Gasteiger partial charge in [0.1, 0.15) is 10.6 Å². The lowest BCUT2D eigenvalue weighted by Gasteiger charge is -2.24. The molecule has 1 heterocycles. The van der Waals surface area contributed by atoms with Crippen molar-refractivity contribution in [3.05, 3.63) is 46.9 Å². The molecule has 0 fully saturated rings. The lowest BCUT2D eigenvalue weighted by Crippen LogP contribution is -2.30. The Morgan fingerprint density at radius 1 is 1.23 bits per heavy atom. The van der Waals surface area contributed by atoms with E-state index in [0.717, 1.165) is 16.4 Å². The van der Waals surface area contributed by atoms with Gasteiger partial charge in [-0.1, -0.05) is 11.2 Å². The first kappa shape index (κ1) is 16.6. The SMILES string of the molecule is Cc1noc(C)c1S(=O)(=O)N(C)[C@@H](C)c1ccc(F)c(F)c1. The molecule has 0 aliphatic rings. The number of aryl methyl sites for hydroxylation is 2. The minimum absolute atomic E-state index is 0.00978. The summed E-state index contributed by atoms with van der Waals surface area (Å²) in [6.45, 7) is 4.62. The van der Waals surface area contributed by atoms with Crippen LogP contribution in [0.5, 0.6) is 0 Å². The maximum Gasteiger partial charge on any atom is 0.248 e. The standard InChI is InChI=1S/C14H16F2N2O3S/c1-8-14(10(3)21-17-8)22(19,20)18(4)9(2)11-5-6-12(15)13(16)7-11/h5-7,9H,1-4H3/t9-/m0/s1. The zero-order valence-corrected chi connectivity index (χ0v) is 13.4. The predicted octanol–water partition coefficient (Wildman–Crippen LogP) is 2.95. The van der Waals surface area contributed by atoms with E-state index in [-0.39, 0.29) is 16.3 Å². The molecule has 2 rings (SSSR count). The summed E-state index contributed by atoms with van der Waals surface area (Å²) in [4.78, 5) is -0.00978. The maximum atomic E-state index is 13.3. The van der Waals surface area contributed by atoms with Gasteiger partial charge >= 0.3 is 0 Å². The topological polar surface area (TPSA) is 63.4 Å². The molecule has 8 heteroatoms. The van der Waals surface area contributed by atoms with Crippen molar-refractivity contribution in [2.75, 3.05) is 7.05 Å². The molecule has 5 nitrogen and oxygen atoms in total. The quantitative estimate of drug-likeness (QED) is 0.864. The summed E-state index contributed by atoms with van der Waals surface area (Å²) >= 11 is 0. The van der Waals surface area contributed by atoms with Crippen molar-refractivity contribution in [2.45, 2.75) is 31.7 Å². The van der Waals surface area contributed by atoms with E-state index >= 15 is 0 Å². The van der Waals surface area contributed by atoms with Crippen LogP contribution in [-0.4, -0.2) is 24.9 Å². The molecule has 1 aromatic heterocycles. The van der Waals surface area contributed by atoms with Crippen LogP contribution in [0, 0.1) is 25.5 Å². The maximum absolute atomic E-state index is 13.3. The zero-order valence-electron chi connectivity index (χ0n) is 12.6. The third-order valence-corrected chi connectivity index (χ3v) is 5.75. The molecule has 0 N–H and O–H groups in total. The number of sulfonamides is 1. The van der Waals surface area contributed by atoms with E-state index in [1.807, 2.05) is 0 Å². The first-order valence-corrected chi connectivity index (χ1v) is 7.96. The number of rotatable bonds is 4. The van der Waals surface area contributed by atoms with Crippen molar-refractivity contribution in [3.8, 4) is 0 Å². The number of hydrogen-bond acceptors (Lipinski definition) is 4. The molecule has 0 aliphatic heterocycles. The molecule has 0 spiro atoms. The Morgan fingerprint density at radius 2 is 1.86 bits per heavy atom. The monoisotopic (exact) mass is 330 g/mol. The first-order valence-electron chi connectivity index (χ1n) is 6.52. The van der Waals surface area contributed by atoms with Crippen LogP contribution in [-0.2, 0) is 10.0 Å². The van der Waals surface area contributed by atoms with Crippen molar-refractivity contribution in [2.24, 2.45) is 0 Å². The van der Waals surface area contributed by atoms with Crippen molar-refractivity contribution in [3.63, 3.8) is 0 Å². The van der Waals surface area contributed by atoms with Crippen LogP contribution in [0.4, 0.5) is 8.78 Å². The van der Waals surface area contributed by atoms with Gasteiger partial charge in [-0.3, -0.25) is 0 Å². The second-order valence-corrected chi connectivity index (χ2v) is 6.96. The Balaban J connectivity index is 2.41. The number of aromatic nitrogens is 1. The summed E-state index contributed by atoms with van der Waals surface area (Å²) in [5, 5.41) is 3.63. The summed E-state index contributed by atoms with van der Waals surface area (Å²) in [6, 6.07) is 2.62. The van der Waals surface area contributed by atoms with Gasteiger partial charge in [0.05, 0.1) is 0 Å². The summed E-state index contributed by atoms with van der Waals surface area (Å²) < 4.78 is 57.6. The van der Waals surface area contributed by atoms with E-state index in [0.29, 0.717) is 5.56 Å². The van der Waals surface area contributed by atoms with Gasteiger partial charge in [-0.25, -0.2) is 17.2 Å². The highest BCUT2D eigenvalue weighted by Gasteiger charge is 2.32. The molecule has 120 valence electrons. The molecule has 1 atom stereocenters. The number of hydrogen-bond donors (Lipinski definition) is 0. The van der Waals surface area contributed by atoms with Crippen LogP contribution in [0.15, 0.2) is 27.6 Å². The van der Waals surface area contributed by atoms with Gasteiger partial charge in [-0.05, 0) is 38.5 Å². The average molecular weight is 330 g/mol. The van der Waals surface area contributed by atoms with Crippen LogP contribution >= 0.6 is 0 Å². The molecule has 0 amide bonds. The van der Waals surface area contributed by atoms with E-state index in [2.05, 4.69) is 5.16 Å². The Morgan fingerprint density at radius 3 is 2.36 bits per heavy atom. The lowest BCUT2D eigenvalue weighted by molar-refractivity contribution is 0.383. The smallest absolute Gasteiger partial charge is 0.248 e. The first-order chi connectivity index (χ1) is 10.2. The molecule has 22 heavy (non-hydrogen) atoms. The van der Waals surface area contributed by atoms with Gasteiger partial charge in [0.25, 0.3) is 0 Å². The van der Waals surface area contributed by atoms with Gasteiger partial charge in [0.15, 0.2) is 17.4 Å². The van der Waals surface area contributed by atoms with Gasteiger partial charge in [0, 0.05) is 13.1 Å². The van der Waals surface area contributed by atoms with Gasteiger partial charge in [-0.15, -0.1) is 0 Å². The second-order valence-electron chi connectivity index (χ2n) is 5.02. The van der Waals surface area contributed by atoms with Gasteiger partial charge < -0.3 is 4.52 Å². The molecule has 0 radical (unpaired) electrons. The second kappa shape index (κ2) is 5.77. The van der Waals surface area contributed by atoms with Crippen molar-refractivity contribution < 1.29 is 21.7 Å². The van der Waals surface area contributed by atoms with E-state index < -0.39 is 27.7 Å². The third kappa shape index (κ3) is 2.76. The molecular formula is C14H16F2N2O3S. The highest BCUT2D eigenvalue weighted by Crippen LogP contribution is 2.29. The number of benzene rings is 1. The molecule has 0 aliphatic carbocycles. The molecule has 0 saturated carbocycles. The summed E-state index contributed by atoms with van der Waals surface area (Å²) in [5.41, 5.74) is 0.596. The summed E-state index contributed by atoms with van der Waals surface area (Å²) in [6.07, 6.45) is 0. The fraction of sp³-hybridized carbons (Fsp3) is 0.357. The fourth-order valence-corrected chi connectivity index (χ4v) is 3.81. The molecule has 0 unspecified atom stereocenters. The fourth-order valence-electron chi connectivity index (χ4n) is 2.18. The minimum atomic E-state index is -3.87. The van der Waals surface area contributed by atoms with Gasteiger partial charge in [-0.2, -0.15) is 4.31 Å². The Bertz CT molecular complexity index is 783. The Kier molecular flexibility index (Phi) is 4.35. The summed E-state index contributed by atoms with van der Waals surface area (Å²) in [5.74, 6) is -1.82. The molecule has 1 aromatic carbocycles. The van der Waals surface area contributed by atoms with E-state index in [1.54, 1.807) is 6.92 Å². The van der Waals surface area contributed by atoms with Crippen molar-refractivity contribution in [1.82, 2.24) is 9.46 Å². The van der Waals surface area contributed by atoms with E-state index in [4.69, 9.17) is 4.52 Å². The Labute approximate surface area is 127 Å². The van der Waals surface area contributed by atoms with E-state index in [1.165, 1.54) is 27.0 Å². The van der Waals surface area contributed by atoms with Crippen LogP contribution in [0.2, 0.25) is 0 Å². The zero-order chi connectivity index (χ0) is 16.7. The Hall–Kier alpha value is -1.80. The average Bonchev–Trinajstić information content (AvgIpc) is 2.80. The molecule has 0 saturated heterocycles. The lowest BCUT2D eigenvalue weighted by atomic mass is 10.1. The van der Waals surface area contributed by atoms with E-state index in [9.17, 15) is 17.2 Å². The summed E-state index contributed by atoms with van der Waals surface area (Å²) in [7, 11) is -2.50. The van der Waals surface area contributed by atoms with Crippen molar-refractivity contribution in [1.29, 1.82) is 0 Å². The number of halogens is 2. The highest BCUT2D eigenvalue weighted by atomic mass is 32.2. The molecular weight excluding hydrogens is 314 g/mol. The van der Waals surface area contributed by atoms with Crippen molar-refractivity contribution >= 4 is 10.0 Å².